The Labute approximate surface area is 132 Å². The quantitative estimate of drug-likeness (QED) is 0.783. The van der Waals surface area contributed by atoms with E-state index in [1.807, 2.05) is 18.2 Å². The Kier molecular flexibility index (Phi) is 6.65. The fourth-order valence-corrected chi connectivity index (χ4v) is 2.43. The van der Waals surface area contributed by atoms with Crippen molar-refractivity contribution < 1.29 is 4.79 Å². The van der Waals surface area contributed by atoms with E-state index in [1.54, 1.807) is 0 Å². The summed E-state index contributed by atoms with van der Waals surface area (Å²) in [7, 11) is 0. The highest BCUT2D eigenvalue weighted by atomic mass is 16.1. The molecule has 116 valence electrons. The van der Waals surface area contributed by atoms with Crippen molar-refractivity contribution in [2.45, 2.75) is 32.1 Å². The summed E-state index contributed by atoms with van der Waals surface area (Å²) in [5.41, 5.74) is 8.92. The molecular formula is C19H24N2O. The highest BCUT2D eigenvalue weighted by Gasteiger charge is 2.02. The number of benzene rings is 2. The van der Waals surface area contributed by atoms with Gasteiger partial charge in [0.2, 0.25) is 5.91 Å². The number of hydrogen-bond acceptors (Lipinski definition) is 2. The molecule has 0 aliphatic rings. The molecule has 0 aliphatic heterocycles. The van der Waals surface area contributed by atoms with E-state index in [9.17, 15) is 4.79 Å². The van der Waals surface area contributed by atoms with Crippen LogP contribution < -0.4 is 11.1 Å². The first-order chi connectivity index (χ1) is 10.8. The molecule has 3 nitrogen and oxygen atoms in total. The van der Waals surface area contributed by atoms with Crippen LogP contribution in [0.2, 0.25) is 0 Å². The summed E-state index contributed by atoms with van der Waals surface area (Å²) >= 11 is 0. The number of carbonyl (C=O) groups excluding carboxylic acids is 1. The molecule has 0 saturated carbocycles. The van der Waals surface area contributed by atoms with Crippen molar-refractivity contribution in [1.29, 1.82) is 0 Å². The Hall–Kier alpha value is -2.13. The van der Waals surface area contributed by atoms with Gasteiger partial charge in [0.25, 0.3) is 0 Å². The molecule has 2 rings (SSSR count). The third kappa shape index (κ3) is 5.70. The molecule has 3 N–H and O–H groups in total. The van der Waals surface area contributed by atoms with E-state index in [-0.39, 0.29) is 5.91 Å². The first-order valence-corrected chi connectivity index (χ1v) is 7.91. The standard InChI is InChI=1S/C19H24N2O/c20-14-6-13-19(22)21-18-12-5-11-17(15-18)10-4-9-16-7-2-1-3-8-16/h1-3,5,7-8,11-12,15H,4,6,9-10,13-14,20H2,(H,21,22). The Morgan fingerprint density at radius 2 is 1.64 bits per heavy atom. The number of nitrogens with two attached hydrogens (primary N) is 1. The Balaban J connectivity index is 1.82. The van der Waals surface area contributed by atoms with Crippen LogP contribution in [0.4, 0.5) is 5.69 Å². The summed E-state index contributed by atoms with van der Waals surface area (Å²) < 4.78 is 0. The summed E-state index contributed by atoms with van der Waals surface area (Å²) in [6.07, 6.45) is 4.40. The van der Waals surface area contributed by atoms with Crippen molar-refractivity contribution >= 4 is 11.6 Å². The maximum atomic E-state index is 11.7. The largest absolute Gasteiger partial charge is 0.330 e. The lowest BCUT2D eigenvalue weighted by Gasteiger charge is -2.07. The minimum absolute atomic E-state index is 0.0342. The molecule has 0 atom stereocenters. The molecule has 3 heteroatoms. The van der Waals surface area contributed by atoms with E-state index in [4.69, 9.17) is 5.73 Å². The Morgan fingerprint density at radius 3 is 2.41 bits per heavy atom. The molecule has 22 heavy (non-hydrogen) atoms. The van der Waals surface area contributed by atoms with Gasteiger partial charge >= 0.3 is 0 Å². The topological polar surface area (TPSA) is 55.1 Å². The molecule has 1 amide bonds. The van der Waals surface area contributed by atoms with Crippen LogP contribution in [0.1, 0.15) is 30.4 Å². The number of aryl methyl sites for hydroxylation is 2. The summed E-state index contributed by atoms with van der Waals surface area (Å²) in [4.78, 5) is 11.7. The summed E-state index contributed by atoms with van der Waals surface area (Å²) in [6, 6.07) is 18.6. The second-order valence-electron chi connectivity index (χ2n) is 5.48. The molecule has 0 spiro atoms. The average molecular weight is 296 g/mol. The van der Waals surface area contributed by atoms with Crippen molar-refractivity contribution in [2.75, 3.05) is 11.9 Å². The van der Waals surface area contributed by atoms with Gasteiger partial charge in [0, 0.05) is 12.1 Å². The van der Waals surface area contributed by atoms with Crippen molar-refractivity contribution in [3.63, 3.8) is 0 Å². The SMILES string of the molecule is NCCCC(=O)Nc1cccc(CCCc2ccccc2)c1. The molecule has 0 fully saturated rings. The monoisotopic (exact) mass is 296 g/mol. The van der Waals surface area contributed by atoms with Gasteiger partial charge in [-0.2, -0.15) is 0 Å². The highest BCUT2D eigenvalue weighted by molar-refractivity contribution is 5.90. The van der Waals surface area contributed by atoms with Crippen LogP contribution in [0, 0.1) is 0 Å². The maximum absolute atomic E-state index is 11.7. The zero-order chi connectivity index (χ0) is 15.6. The molecule has 0 saturated heterocycles. The van der Waals surface area contributed by atoms with Gasteiger partial charge in [-0.3, -0.25) is 4.79 Å². The van der Waals surface area contributed by atoms with Crippen molar-refractivity contribution in [1.82, 2.24) is 0 Å². The number of hydrogen-bond donors (Lipinski definition) is 2. The predicted molar refractivity (Wildman–Crippen MR) is 91.8 cm³/mol. The number of rotatable bonds is 8. The number of anilines is 1. The number of nitrogens with one attached hydrogen (secondary N) is 1. The van der Waals surface area contributed by atoms with Crippen LogP contribution in [-0.4, -0.2) is 12.5 Å². The van der Waals surface area contributed by atoms with Gasteiger partial charge in [-0.1, -0.05) is 42.5 Å². The third-order valence-electron chi connectivity index (χ3n) is 3.59. The average Bonchev–Trinajstić information content (AvgIpc) is 2.54. The fraction of sp³-hybridized carbons (Fsp3) is 0.316. The minimum atomic E-state index is 0.0342. The molecule has 0 bridgehead atoms. The first-order valence-electron chi connectivity index (χ1n) is 7.91. The zero-order valence-corrected chi connectivity index (χ0v) is 12.9. The zero-order valence-electron chi connectivity index (χ0n) is 12.9. The van der Waals surface area contributed by atoms with Crippen LogP contribution >= 0.6 is 0 Å². The van der Waals surface area contributed by atoms with Crippen LogP contribution in [0.25, 0.3) is 0 Å². The third-order valence-corrected chi connectivity index (χ3v) is 3.59. The van der Waals surface area contributed by atoms with Crippen molar-refractivity contribution in [2.24, 2.45) is 5.73 Å². The van der Waals surface area contributed by atoms with E-state index in [0.717, 1.165) is 31.4 Å². The lowest BCUT2D eigenvalue weighted by Crippen LogP contribution is -2.13. The van der Waals surface area contributed by atoms with Gasteiger partial charge in [-0.15, -0.1) is 0 Å². The van der Waals surface area contributed by atoms with Crippen molar-refractivity contribution in [3.05, 3.63) is 65.7 Å². The second-order valence-corrected chi connectivity index (χ2v) is 5.48. The molecule has 0 radical (unpaired) electrons. The molecule has 0 aromatic heterocycles. The number of amides is 1. The summed E-state index contributed by atoms with van der Waals surface area (Å²) in [6.45, 7) is 0.549. The van der Waals surface area contributed by atoms with Crippen LogP contribution in [0.15, 0.2) is 54.6 Å². The van der Waals surface area contributed by atoms with E-state index in [0.29, 0.717) is 13.0 Å². The fourth-order valence-electron chi connectivity index (χ4n) is 2.43. The Bertz CT molecular complexity index is 581. The first kappa shape index (κ1) is 16.2. The molecule has 2 aromatic carbocycles. The lowest BCUT2D eigenvalue weighted by molar-refractivity contribution is -0.116. The summed E-state index contributed by atoms with van der Waals surface area (Å²) in [5.74, 6) is 0.0342. The normalized spacial score (nSPS) is 10.4. The van der Waals surface area contributed by atoms with E-state index < -0.39 is 0 Å². The van der Waals surface area contributed by atoms with Crippen LogP contribution in [0.3, 0.4) is 0 Å². The van der Waals surface area contributed by atoms with Gasteiger partial charge in [-0.05, 0) is 55.5 Å². The molecule has 2 aromatic rings. The predicted octanol–water partition coefficient (Wildman–Crippen LogP) is 3.54. The molecule has 0 unspecified atom stereocenters. The number of carbonyl (C=O) groups is 1. The molecular weight excluding hydrogens is 272 g/mol. The molecule has 0 heterocycles. The van der Waals surface area contributed by atoms with E-state index >= 15 is 0 Å². The van der Waals surface area contributed by atoms with Gasteiger partial charge < -0.3 is 11.1 Å². The van der Waals surface area contributed by atoms with Gasteiger partial charge in [0.05, 0.1) is 0 Å². The van der Waals surface area contributed by atoms with Gasteiger partial charge in [0.1, 0.15) is 0 Å². The van der Waals surface area contributed by atoms with Crippen molar-refractivity contribution in [3.8, 4) is 0 Å². The lowest BCUT2D eigenvalue weighted by atomic mass is 10.0. The van der Waals surface area contributed by atoms with E-state index in [1.165, 1.54) is 11.1 Å². The Morgan fingerprint density at radius 1 is 0.909 bits per heavy atom. The van der Waals surface area contributed by atoms with Crippen LogP contribution in [0.5, 0.6) is 0 Å². The van der Waals surface area contributed by atoms with Crippen LogP contribution in [-0.2, 0) is 17.6 Å². The highest BCUT2D eigenvalue weighted by Crippen LogP contribution is 2.14. The summed E-state index contributed by atoms with van der Waals surface area (Å²) in [5, 5.41) is 2.93. The van der Waals surface area contributed by atoms with E-state index in [2.05, 4.69) is 41.7 Å². The van der Waals surface area contributed by atoms with Gasteiger partial charge in [0.15, 0.2) is 0 Å². The van der Waals surface area contributed by atoms with Gasteiger partial charge in [-0.25, -0.2) is 0 Å². The smallest absolute Gasteiger partial charge is 0.224 e. The second kappa shape index (κ2) is 9.00. The minimum Gasteiger partial charge on any atom is -0.330 e. The molecule has 0 aliphatic carbocycles. The maximum Gasteiger partial charge on any atom is 0.224 e.